The molecule has 0 aliphatic rings. The fourth-order valence-corrected chi connectivity index (χ4v) is 3.25. The van der Waals surface area contributed by atoms with Crippen molar-refractivity contribution in [2.75, 3.05) is 0 Å². The Morgan fingerprint density at radius 2 is 1.33 bits per heavy atom. The van der Waals surface area contributed by atoms with Gasteiger partial charge in [0, 0.05) is 0 Å². The van der Waals surface area contributed by atoms with Crippen molar-refractivity contribution < 1.29 is 4.74 Å². The Morgan fingerprint density at radius 1 is 0.667 bits per heavy atom. The molecular weight excluding hydrogens is 328 g/mol. The van der Waals surface area contributed by atoms with Crippen LogP contribution < -0.4 is 4.74 Å². The van der Waals surface area contributed by atoms with Gasteiger partial charge in [0.15, 0.2) is 0 Å². The Balaban J connectivity index is 0.00000126. The van der Waals surface area contributed by atoms with Crippen LogP contribution in [-0.4, -0.2) is 0 Å². The van der Waals surface area contributed by atoms with Crippen LogP contribution in [0.3, 0.4) is 0 Å². The van der Waals surface area contributed by atoms with Crippen molar-refractivity contribution in [3.8, 4) is 16.9 Å². The summed E-state index contributed by atoms with van der Waals surface area (Å²) in [6.07, 6.45) is 0. The smallest absolute Gasteiger partial charge is 0.123 e. The van der Waals surface area contributed by atoms with Crippen molar-refractivity contribution >= 4 is 0 Å². The van der Waals surface area contributed by atoms with Crippen LogP contribution >= 0.6 is 0 Å². The number of hydrogen-bond acceptors (Lipinski definition) is 1. The molecule has 142 valence electrons. The summed E-state index contributed by atoms with van der Waals surface area (Å²) in [7, 11) is 0. The zero-order chi connectivity index (χ0) is 20.0. The molecule has 3 aromatic carbocycles. The van der Waals surface area contributed by atoms with Crippen LogP contribution in [0.25, 0.3) is 11.1 Å². The maximum Gasteiger partial charge on any atom is 0.123 e. The van der Waals surface area contributed by atoms with E-state index in [0.717, 1.165) is 5.75 Å². The fraction of sp³-hybridized carbons (Fsp3) is 0.308. The molecule has 3 rings (SSSR count). The zero-order valence-electron chi connectivity index (χ0n) is 17.8. The van der Waals surface area contributed by atoms with Crippen LogP contribution in [0, 0.1) is 34.6 Å². The van der Waals surface area contributed by atoms with Crippen molar-refractivity contribution in [2.24, 2.45) is 0 Å². The molecule has 0 spiro atoms. The van der Waals surface area contributed by atoms with Gasteiger partial charge in [-0.2, -0.15) is 0 Å². The van der Waals surface area contributed by atoms with Gasteiger partial charge in [0.1, 0.15) is 12.4 Å². The largest absolute Gasteiger partial charge is 0.489 e. The summed E-state index contributed by atoms with van der Waals surface area (Å²) in [5.74, 6) is 0.991. The number of rotatable bonds is 4. The Bertz CT molecular complexity index is 892. The van der Waals surface area contributed by atoms with Crippen molar-refractivity contribution in [1.29, 1.82) is 0 Å². The lowest BCUT2D eigenvalue weighted by Crippen LogP contribution is -2.02. The van der Waals surface area contributed by atoms with E-state index < -0.39 is 0 Å². The van der Waals surface area contributed by atoms with E-state index in [9.17, 15) is 0 Å². The summed E-state index contributed by atoms with van der Waals surface area (Å²) >= 11 is 0. The van der Waals surface area contributed by atoms with Crippen LogP contribution in [0.1, 0.15) is 47.2 Å². The van der Waals surface area contributed by atoms with Crippen LogP contribution in [0.15, 0.2) is 54.6 Å². The standard InChI is InChI=1S/C24H26O.C2H6/c1-16-14-24(19(4)18(3)17(16)2)25-15-22-12-9-13-23(20(22)5)21-10-7-6-8-11-21;1-2/h6-14H,15H2,1-5H3;1-2H3. The van der Waals surface area contributed by atoms with E-state index in [0.29, 0.717) is 6.61 Å². The van der Waals surface area contributed by atoms with Crippen LogP contribution in [0.2, 0.25) is 0 Å². The minimum atomic E-state index is 0.593. The molecule has 0 aliphatic heterocycles. The van der Waals surface area contributed by atoms with Crippen molar-refractivity contribution in [3.63, 3.8) is 0 Å². The summed E-state index contributed by atoms with van der Waals surface area (Å²) in [6, 6.07) is 19.1. The normalized spacial score (nSPS) is 10.2. The number of ether oxygens (including phenoxy) is 1. The third kappa shape index (κ3) is 4.60. The topological polar surface area (TPSA) is 9.23 Å². The molecule has 0 aromatic heterocycles. The minimum absolute atomic E-state index is 0.593. The van der Waals surface area contributed by atoms with Gasteiger partial charge in [-0.15, -0.1) is 0 Å². The summed E-state index contributed by atoms with van der Waals surface area (Å²) in [5, 5.41) is 0. The van der Waals surface area contributed by atoms with Crippen LogP contribution in [-0.2, 0) is 6.61 Å². The molecule has 0 bridgehead atoms. The number of hydrogen-bond donors (Lipinski definition) is 0. The molecule has 1 heteroatoms. The molecular formula is C26H32O. The average Bonchev–Trinajstić information content (AvgIpc) is 2.71. The first-order chi connectivity index (χ1) is 13.0. The molecule has 0 amide bonds. The van der Waals surface area contributed by atoms with E-state index in [2.05, 4.69) is 89.2 Å². The Kier molecular flexibility index (Phi) is 7.24. The second kappa shape index (κ2) is 9.41. The van der Waals surface area contributed by atoms with Crippen molar-refractivity contribution in [2.45, 2.75) is 55.1 Å². The highest BCUT2D eigenvalue weighted by Gasteiger charge is 2.10. The highest BCUT2D eigenvalue weighted by Crippen LogP contribution is 2.29. The Hall–Kier alpha value is -2.54. The summed E-state index contributed by atoms with van der Waals surface area (Å²) in [4.78, 5) is 0. The number of benzene rings is 3. The van der Waals surface area contributed by atoms with Gasteiger partial charge in [-0.3, -0.25) is 0 Å². The quantitative estimate of drug-likeness (QED) is 0.468. The third-order valence-corrected chi connectivity index (χ3v) is 5.35. The molecule has 0 atom stereocenters. The molecule has 0 N–H and O–H groups in total. The van der Waals surface area contributed by atoms with Gasteiger partial charge in [0.05, 0.1) is 0 Å². The van der Waals surface area contributed by atoms with E-state index in [1.165, 1.54) is 44.5 Å². The van der Waals surface area contributed by atoms with Gasteiger partial charge < -0.3 is 4.74 Å². The number of aryl methyl sites for hydroxylation is 1. The van der Waals surface area contributed by atoms with Crippen molar-refractivity contribution in [1.82, 2.24) is 0 Å². The SMILES string of the molecule is CC.Cc1cc(OCc2cccc(-c3ccccc3)c2C)c(C)c(C)c1C. The highest BCUT2D eigenvalue weighted by atomic mass is 16.5. The molecule has 0 radical (unpaired) electrons. The van der Waals surface area contributed by atoms with Gasteiger partial charge in [0.2, 0.25) is 0 Å². The second-order valence-electron chi connectivity index (χ2n) is 6.81. The minimum Gasteiger partial charge on any atom is -0.489 e. The monoisotopic (exact) mass is 360 g/mol. The van der Waals surface area contributed by atoms with Crippen LogP contribution in [0.4, 0.5) is 0 Å². The first kappa shape index (κ1) is 20.8. The predicted octanol–water partition coefficient (Wildman–Crippen LogP) is 7.50. The summed E-state index contributed by atoms with van der Waals surface area (Å²) in [5.41, 5.74) is 10.2. The molecule has 1 nitrogen and oxygen atoms in total. The summed E-state index contributed by atoms with van der Waals surface area (Å²) < 4.78 is 6.21. The van der Waals surface area contributed by atoms with E-state index in [4.69, 9.17) is 4.74 Å². The van der Waals surface area contributed by atoms with E-state index >= 15 is 0 Å². The van der Waals surface area contributed by atoms with Crippen LogP contribution in [0.5, 0.6) is 5.75 Å². The van der Waals surface area contributed by atoms with Gasteiger partial charge in [-0.05, 0) is 85.2 Å². The molecule has 0 fully saturated rings. The lowest BCUT2D eigenvalue weighted by molar-refractivity contribution is 0.303. The zero-order valence-corrected chi connectivity index (χ0v) is 17.8. The van der Waals surface area contributed by atoms with E-state index in [1.54, 1.807) is 0 Å². The fourth-order valence-electron chi connectivity index (χ4n) is 3.25. The molecule has 0 saturated heterocycles. The molecule has 3 aromatic rings. The summed E-state index contributed by atoms with van der Waals surface area (Å²) in [6.45, 7) is 15.4. The lowest BCUT2D eigenvalue weighted by Gasteiger charge is -2.17. The third-order valence-electron chi connectivity index (χ3n) is 5.35. The first-order valence-corrected chi connectivity index (χ1v) is 9.83. The van der Waals surface area contributed by atoms with Gasteiger partial charge in [-0.1, -0.05) is 62.4 Å². The first-order valence-electron chi connectivity index (χ1n) is 9.83. The maximum atomic E-state index is 6.21. The van der Waals surface area contributed by atoms with E-state index in [1.807, 2.05) is 13.8 Å². The Morgan fingerprint density at radius 3 is 2.00 bits per heavy atom. The predicted molar refractivity (Wildman–Crippen MR) is 118 cm³/mol. The lowest BCUT2D eigenvalue weighted by atomic mass is 9.96. The maximum absolute atomic E-state index is 6.21. The Labute approximate surface area is 165 Å². The van der Waals surface area contributed by atoms with Gasteiger partial charge in [0.25, 0.3) is 0 Å². The molecule has 0 heterocycles. The van der Waals surface area contributed by atoms with Gasteiger partial charge >= 0.3 is 0 Å². The van der Waals surface area contributed by atoms with Crippen molar-refractivity contribution in [3.05, 3.63) is 88.0 Å². The molecule has 0 saturated carbocycles. The highest BCUT2D eigenvalue weighted by molar-refractivity contribution is 5.68. The second-order valence-corrected chi connectivity index (χ2v) is 6.81. The molecule has 0 aliphatic carbocycles. The molecule has 27 heavy (non-hydrogen) atoms. The van der Waals surface area contributed by atoms with E-state index in [-0.39, 0.29) is 0 Å². The molecule has 0 unspecified atom stereocenters. The average molecular weight is 361 g/mol. The van der Waals surface area contributed by atoms with Gasteiger partial charge in [-0.25, -0.2) is 0 Å².